The molecule has 0 aliphatic carbocycles. The minimum absolute atomic E-state index is 0.0554. The van der Waals surface area contributed by atoms with Crippen molar-refractivity contribution in [2.45, 2.75) is 5.75 Å². The number of phenols is 1. The second kappa shape index (κ2) is 8.02. The highest BCUT2D eigenvalue weighted by Gasteiger charge is 2.26. The maximum Gasteiger partial charge on any atom is 0.257 e. The fourth-order valence-corrected chi connectivity index (χ4v) is 3.96. The number of sulfone groups is 1. The molecule has 1 heterocycles. The zero-order valence-electron chi connectivity index (χ0n) is 15.5. The van der Waals surface area contributed by atoms with Crippen molar-refractivity contribution in [2.24, 2.45) is 0 Å². The Kier molecular flexibility index (Phi) is 5.69. The van der Waals surface area contributed by atoms with Crippen LogP contribution in [-0.4, -0.2) is 67.6 Å². The maximum atomic E-state index is 12.7. The Hall–Kier alpha value is -2.87. The summed E-state index contributed by atoms with van der Waals surface area (Å²) < 4.78 is 22.7. The lowest BCUT2D eigenvalue weighted by atomic mass is 10.1. The lowest BCUT2D eigenvalue weighted by molar-refractivity contribution is 0.0533. The quantitative estimate of drug-likeness (QED) is 0.837. The van der Waals surface area contributed by atoms with E-state index < -0.39 is 9.84 Å². The van der Waals surface area contributed by atoms with Gasteiger partial charge in [-0.3, -0.25) is 9.59 Å². The van der Waals surface area contributed by atoms with Crippen LogP contribution in [0.15, 0.2) is 48.5 Å². The van der Waals surface area contributed by atoms with E-state index in [-0.39, 0.29) is 28.9 Å². The molecule has 0 radical (unpaired) electrons. The molecule has 7 nitrogen and oxygen atoms in total. The van der Waals surface area contributed by atoms with Gasteiger partial charge in [0.2, 0.25) is 0 Å². The van der Waals surface area contributed by atoms with Crippen LogP contribution in [0.2, 0.25) is 0 Å². The molecular formula is C20H22N2O5S. The second-order valence-electron chi connectivity index (χ2n) is 6.87. The highest BCUT2D eigenvalue weighted by molar-refractivity contribution is 7.89. The molecule has 1 fully saturated rings. The first-order valence-electron chi connectivity index (χ1n) is 8.88. The first kappa shape index (κ1) is 19.9. The van der Waals surface area contributed by atoms with Crippen molar-refractivity contribution in [1.82, 2.24) is 9.80 Å². The Bertz CT molecular complexity index is 978. The van der Waals surface area contributed by atoms with E-state index >= 15 is 0 Å². The number of benzene rings is 2. The zero-order valence-corrected chi connectivity index (χ0v) is 16.4. The smallest absolute Gasteiger partial charge is 0.257 e. The highest BCUT2D eigenvalue weighted by atomic mass is 32.2. The van der Waals surface area contributed by atoms with Gasteiger partial charge in [0, 0.05) is 38.0 Å². The zero-order chi connectivity index (χ0) is 20.3. The third-order valence-corrected chi connectivity index (χ3v) is 5.48. The fraction of sp³-hybridized carbons (Fsp3) is 0.300. The van der Waals surface area contributed by atoms with Crippen LogP contribution in [0.3, 0.4) is 0 Å². The predicted octanol–water partition coefficient (Wildman–Crippen LogP) is 1.53. The van der Waals surface area contributed by atoms with Gasteiger partial charge in [-0.05, 0) is 29.8 Å². The van der Waals surface area contributed by atoms with Crippen LogP contribution in [0.25, 0.3) is 0 Å². The molecule has 148 valence electrons. The standard InChI is InChI=1S/C20H22N2O5S/c1-28(26,27)14-15-6-8-16(9-7-15)19(24)21-10-12-22(13-11-21)20(25)17-4-2-3-5-18(17)23/h2-9,23H,10-14H2,1H3. The summed E-state index contributed by atoms with van der Waals surface area (Å²) in [6.45, 7) is 1.54. The molecule has 0 aromatic heterocycles. The number of nitrogens with zero attached hydrogens (tertiary/aromatic N) is 2. The molecule has 0 unspecified atom stereocenters. The van der Waals surface area contributed by atoms with Gasteiger partial charge in [-0.15, -0.1) is 0 Å². The van der Waals surface area contributed by atoms with E-state index in [0.29, 0.717) is 37.3 Å². The van der Waals surface area contributed by atoms with Gasteiger partial charge in [0.05, 0.1) is 11.3 Å². The number of hydrogen-bond donors (Lipinski definition) is 1. The molecule has 0 bridgehead atoms. The number of amides is 2. The van der Waals surface area contributed by atoms with Gasteiger partial charge >= 0.3 is 0 Å². The third kappa shape index (κ3) is 4.69. The fourth-order valence-electron chi connectivity index (χ4n) is 3.17. The minimum atomic E-state index is -3.12. The SMILES string of the molecule is CS(=O)(=O)Cc1ccc(C(=O)N2CCN(C(=O)c3ccccc3O)CC2)cc1. The number of piperazine rings is 1. The van der Waals surface area contributed by atoms with E-state index in [1.54, 1.807) is 52.3 Å². The summed E-state index contributed by atoms with van der Waals surface area (Å²) >= 11 is 0. The maximum absolute atomic E-state index is 12.7. The first-order chi connectivity index (χ1) is 13.2. The molecule has 28 heavy (non-hydrogen) atoms. The average Bonchev–Trinajstić information content (AvgIpc) is 2.67. The van der Waals surface area contributed by atoms with Crippen molar-refractivity contribution in [3.63, 3.8) is 0 Å². The summed E-state index contributed by atoms with van der Waals surface area (Å²) in [5.41, 5.74) is 1.37. The van der Waals surface area contributed by atoms with Gasteiger partial charge in [0.15, 0.2) is 9.84 Å². The summed E-state index contributed by atoms with van der Waals surface area (Å²) in [6.07, 6.45) is 1.17. The van der Waals surface area contributed by atoms with Gasteiger partial charge in [0.25, 0.3) is 11.8 Å². The van der Waals surface area contributed by atoms with Crippen LogP contribution in [0.1, 0.15) is 26.3 Å². The Labute approximate surface area is 164 Å². The van der Waals surface area contributed by atoms with Crippen molar-refractivity contribution in [3.8, 4) is 5.75 Å². The summed E-state index contributed by atoms with van der Waals surface area (Å²) in [5, 5.41) is 9.84. The number of rotatable bonds is 4. The molecule has 2 amide bonds. The number of carbonyl (C=O) groups excluding carboxylic acids is 2. The van der Waals surface area contributed by atoms with Gasteiger partial charge in [-0.25, -0.2) is 8.42 Å². The average molecular weight is 402 g/mol. The van der Waals surface area contributed by atoms with E-state index in [9.17, 15) is 23.1 Å². The molecule has 1 N–H and O–H groups in total. The Morgan fingerprint density at radius 2 is 1.43 bits per heavy atom. The van der Waals surface area contributed by atoms with Gasteiger partial charge in [-0.1, -0.05) is 24.3 Å². The van der Waals surface area contributed by atoms with Crippen LogP contribution in [0.4, 0.5) is 0 Å². The Morgan fingerprint density at radius 1 is 0.893 bits per heavy atom. The van der Waals surface area contributed by atoms with E-state index in [2.05, 4.69) is 0 Å². The Balaban J connectivity index is 1.61. The minimum Gasteiger partial charge on any atom is -0.507 e. The van der Waals surface area contributed by atoms with E-state index in [1.165, 1.54) is 12.3 Å². The Morgan fingerprint density at radius 3 is 1.96 bits per heavy atom. The monoisotopic (exact) mass is 402 g/mol. The van der Waals surface area contributed by atoms with Crippen molar-refractivity contribution in [1.29, 1.82) is 0 Å². The molecular weight excluding hydrogens is 380 g/mol. The molecule has 8 heteroatoms. The van der Waals surface area contributed by atoms with Crippen LogP contribution in [-0.2, 0) is 15.6 Å². The molecule has 0 saturated carbocycles. The van der Waals surface area contributed by atoms with E-state index in [1.807, 2.05) is 0 Å². The lowest BCUT2D eigenvalue weighted by Crippen LogP contribution is -2.50. The van der Waals surface area contributed by atoms with Crippen molar-refractivity contribution in [2.75, 3.05) is 32.4 Å². The molecule has 0 spiro atoms. The number of aromatic hydroxyl groups is 1. The molecule has 2 aromatic carbocycles. The van der Waals surface area contributed by atoms with Crippen molar-refractivity contribution in [3.05, 3.63) is 65.2 Å². The molecule has 1 aliphatic rings. The lowest BCUT2D eigenvalue weighted by Gasteiger charge is -2.35. The largest absolute Gasteiger partial charge is 0.507 e. The number of hydrogen-bond acceptors (Lipinski definition) is 5. The number of phenolic OH excluding ortho intramolecular Hbond substituents is 1. The van der Waals surface area contributed by atoms with Crippen molar-refractivity contribution < 1.29 is 23.1 Å². The van der Waals surface area contributed by atoms with Crippen LogP contribution in [0, 0.1) is 0 Å². The highest BCUT2D eigenvalue weighted by Crippen LogP contribution is 2.19. The van der Waals surface area contributed by atoms with E-state index in [4.69, 9.17) is 0 Å². The van der Waals surface area contributed by atoms with Crippen molar-refractivity contribution >= 4 is 21.7 Å². The normalized spacial score (nSPS) is 14.8. The van der Waals surface area contributed by atoms with Gasteiger partial charge in [-0.2, -0.15) is 0 Å². The molecule has 0 atom stereocenters. The predicted molar refractivity (Wildman–Crippen MR) is 105 cm³/mol. The number of para-hydroxylation sites is 1. The van der Waals surface area contributed by atoms with Crippen LogP contribution < -0.4 is 0 Å². The third-order valence-electron chi connectivity index (χ3n) is 4.62. The first-order valence-corrected chi connectivity index (χ1v) is 10.9. The summed E-state index contributed by atoms with van der Waals surface area (Å²) in [6, 6.07) is 12.9. The molecule has 3 rings (SSSR count). The van der Waals surface area contributed by atoms with Crippen LogP contribution >= 0.6 is 0 Å². The van der Waals surface area contributed by atoms with Crippen LogP contribution in [0.5, 0.6) is 5.75 Å². The van der Waals surface area contributed by atoms with E-state index in [0.717, 1.165) is 0 Å². The number of carbonyl (C=O) groups is 2. The molecule has 1 saturated heterocycles. The summed E-state index contributed by atoms with van der Waals surface area (Å²) in [4.78, 5) is 28.5. The molecule has 1 aliphatic heterocycles. The summed E-state index contributed by atoms with van der Waals surface area (Å²) in [7, 11) is -3.12. The van der Waals surface area contributed by atoms with Gasteiger partial charge in [0.1, 0.15) is 5.75 Å². The summed E-state index contributed by atoms with van der Waals surface area (Å²) in [5.74, 6) is -0.523. The topological polar surface area (TPSA) is 95.0 Å². The van der Waals surface area contributed by atoms with Gasteiger partial charge < -0.3 is 14.9 Å². The second-order valence-corrected chi connectivity index (χ2v) is 9.01. The molecule has 2 aromatic rings.